The third-order valence-corrected chi connectivity index (χ3v) is 7.17. The zero-order valence-electron chi connectivity index (χ0n) is 21.5. The maximum absolute atomic E-state index is 12.9. The molecule has 2 aliphatic rings. The van der Waals surface area contributed by atoms with Gasteiger partial charge in [-0.1, -0.05) is 10.8 Å². The standard InChI is InChI=1S/C28H26F3N7O2/c29-28(30,31)20-9-17(12-32-14-20)13-33-27(39)25-15-38(37-36-25)7-2-1-3-21-10-23-24(35-34-21)11-22(18-4-5-18)26(23)19-6-8-40-16-19/h6,8-10,12,14-16,18H,1-5,7,11,13H2,(H,33,39). The Labute approximate surface area is 227 Å². The molecule has 0 atom stereocenters. The topological polar surface area (TPSA) is 112 Å². The number of nitrogens with zero attached hydrogens (tertiary/aromatic N) is 6. The van der Waals surface area contributed by atoms with Crippen molar-refractivity contribution in [2.24, 2.45) is 5.92 Å². The number of hydrogen-bond acceptors (Lipinski definition) is 7. The Bertz CT molecular complexity index is 1560. The molecule has 0 radical (unpaired) electrons. The van der Waals surface area contributed by atoms with Crippen molar-refractivity contribution >= 4 is 11.5 Å². The Morgan fingerprint density at radius 1 is 1.12 bits per heavy atom. The molecule has 0 saturated heterocycles. The number of rotatable bonds is 10. The number of pyridine rings is 1. The predicted octanol–water partition coefficient (Wildman–Crippen LogP) is 4.80. The summed E-state index contributed by atoms with van der Waals surface area (Å²) in [6.07, 6.45) is 8.24. The number of hydrogen-bond donors (Lipinski definition) is 1. The number of carbonyl (C=O) groups excluding carboxylic acids is 1. The fraction of sp³-hybridized carbons (Fsp3) is 0.357. The number of fused-ring (bicyclic) bond motifs is 1. The van der Waals surface area contributed by atoms with Crippen LogP contribution in [0.1, 0.15) is 69.8 Å². The second-order valence-electron chi connectivity index (χ2n) is 10.1. The lowest BCUT2D eigenvalue weighted by Gasteiger charge is -2.08. The largest absolute Gasteiger partial charge is 0.472 e. The van der Waals surface area contributed by atoms with E-state index in [4.69, 9.17) is 4.42 Å². The molecular formula is C28H26F3N7O2. The van der Waals surface area contributed by atoms with Crippen LogP contribution in [0.25, 0.3) is 5.57 Å². The van der Waals surface area contributed by atoms with Crippen LogP contribution in [-0.4, -0.2) is 36.1 Å². The molecule has 9 nitrogen and oxygen atoms in total. The zero-order valence-corrected chi connectivity index (χ0v) is 21.5. The number of furan rings is 1. The Kier molecular flexibility index (Phi) is 6.91. The summed E-state index contributed by atoms with van der Waals surface area (Å²) >= 11 is 0. The Hall–Kier alpha value is -4.35. The van der Waals surface area contributed by atoms with Crippen molar-refractivity contribution in [2.75, 3.05) is 0 Å². The van der Waals surface area contributed by atoms with Gasteiger partial charge in [-0.15, -0.1) is 5.10 Å². The lowest BCUT2D eigenvalue weighted by atomic mass is 9.98. The molecule has 4 aromatic heterocycles. The van der Waals surface area contributed by atoms with Crippen molar-refractivity contribution in [1.29, 1.82) is 0 Å². The molecule has 0 spiro atoms. The van der Waals surface area contributed by atoms with Crippen LogP contribution in [-0.2, 0) is 32.1 Å². The first-order valence-electron chi connectivity index (χ1n) is 13.2. The highest BCUT2D eigenvalue weighted by Gasteiger charge is 2.35. The molecule has 0 bridgehead atoms. The van der Waals surface area contributed by atoms with Gasteiger partial charge < -0.3 is 9.73 Å². The summed E-state index contributed by atoms with van der Waals surface area (Å²) in [5, 5.41) is 19.5. The first-order chi connectivity index (χ1) is 19.3. The van der Waals surface area contributed by atoms with Crippen LogP contribution in [0.4, 0.5) is 13.2 Å². The van der Waals surface area contributed by atoms with Gasteiger partial charge in [0.25, 0.3) is 5.91 Å². The number of halogens is 3. The predicted molar refractivity (Wildman–Crippen MR) is 137 cm³/mol. The summed E-state index contributed by atoms with van der Waals surface area (Å²) in [5.74, 6) is 0.110. The molecule has 12 heteroatoms. The average Bonchev–Trinajstić information content (AvgIpc) is 3.30. The minimum Gasteiger partial charge on any atom is -0.472 e. The summed E-state index contributed by atoms with van der Waals surface area (Å²) in [6.45, 7) is 0.451. The fourth-order valence-electron chi connectivity index (χ4n) is 5.00. The van der Waals surface area contributed by atoms with Gasteiger partial charge in [-0.3, -0.25) is 14.5 Å². The quantitative estimate of drug-likeness (QED) is 0.283. The van der Waals surface area contributed by atoms with Gasteiger partial charge >= 0.3 is 6.18 Å². The van der Waals surface area contributed by atoms with Gasteiger partial charge in [0.05, 0.1) is 35.7 Å². The van der Waals surface area contributed by atoms with Crippen molar-refractivity contribution in [3.8, 4) is 0 Å². The van der Waals surface area contributed by atoms with Crippen LogP contribution in [0.15, 0.2) is 59.3 Å². The number of nitrogens with one attached hydrogen (secondary N) is 1. The molecule has 40 heavy (non-hydrogen) atoms. The number of unbranched alkanes of at least 4 members (excludes halogenated alkanes) is 1. The van der Waals surface area contributed by atoms with Crippen LogP contribution in [0.5, 0.6) is 0 Å². The average molecular weight is 550 g/mol. The molecule has 2 aliphatic carbocycles. The van der Waals surface area contributed by atoms with Crippen LogP contribution in [0.2, 0.25) is 0 Å². The summed E-state index contributed by atoms with van der Waals surface area (Å²) in [6, 6.07) is 5.11. The first-order valence-corrected chi connectivity index (χ1v) is 13.2. The van der Waals surface area contributed by atoms with Gasteiger partial charge in [0.15, 0.2) is 5.69 Å². The van der Waals surface area contributed by atoms with Crippen molar-refractivity contribution in [1.82, 2.24) is 35.5 Å². The van der Waals surface area contributed by atoms with Crippen molar-refractivity contribution in [2.45, 2.75) is 57.8 Å². The molecule has 1 amide bonds. The number of alkyl halides is 3. The summed E-state index contributed by atoms with van der Waals surface area (Å²) in [4.78, 5) is 16.0. The van der Waals surface area contributed by atoms with E-state index in [0.717, 1.165) is 60.5 Å². The van der Waals surface area contributed by atoms with E-state index in [2.05, 4.69) is 36.9 Å². The highest BCUT2D eigenvalue weighted by atomic mass is 19.4. The molecule has 1 N–H and O–H groups in total. The third kappa shape index (κ3) is 5.65. The smallest absolute Gasteiger partial charge is 0.417 e. The molecule has 206 valence electrons. The van der Waals surface area contributed by atoms with Gasteiger partial charge in [0.2, 0.25) is 0 Å². The molecule has 4 aromatic rings. The first kappa shape index (κ1) is 25.9. The molecular weight excluding hydrogens is 523 g/mol. The van der Waals surface area contributed by atoms with Gasteiger partial charge in [-0.2, -0.15) is 23.4 Å². The summed E-state index contributed by atoms with van der Waals surface area (Å²) in [7, 11) is 0. The normalized spacial score (nSPS) is 15.0. The maximum Gasteiger partial charge on any atom is 0.417 e. The second kappa shape index (κ2) is 10.7. The number of aromatic nitrogens is 6. The van der Waals surface area contributed by atoms with Gasteiger partial charge in [0, 0.05) is 43.0 Å². The molecule has 0 aromatic carbocycles. The second-order valence-corrected chi connectivity index (χ2v) is 10.1. The lowest BCUT2D eigenvalue weighted by molar-refractivity contribution is -0.137. The Morgan fingerprint density at radius 2 is 2.00 bits per heavy atom. The van der Waals surface area contributed by atoms with E-state index in [1.54, 1.807) is 17.2 Å². The number of carbonyl (C=O) groups is 1. The minimum absolute atomic E-state index is 0.0921. The molecule has 6 rings (SSSR count). The molecule has 0 aliphatic heterocycles. The highest BCUT2D eigenvalue weighted by molar-refractivity contribution is 5.91. The molecule has 1 saturated carbocycles. The van der Waals surface area contributed by atoms with E-state index >= 15 is 0 Å². The monoisotopic (exact) mass is 549 g/mol. The highest BCUT2D eigenvalue weighted by Crippen LogP contribution is 2.48. The van der Waals surface area contributed by atoms with E-state index in [-0.39, 0.29) is 17.8 Å². The number of allylic oxidation sites excluding steroid dienone is 1. The summed E-state index contributed by atoms with van der Waals surface area (Å²) < 4.78 is 45.5. The molecule has 1 fully saturated rings. The van der Waals surface area contributed by atoms with E-state index in [1.165, 1.54) is 36.4 Å². The lowest BCUT2D eigenvalue weighted by Crippen LogP contribution is -2.23. The van der Waals surface area contributed by atoms with Gasteiger partial charge in [-0.05, 0) is 67.4 Å². The van der Waals surface area contributed by atoms with E-state index < -0.39 is 17.6 Å². The van der Waals surface area contributed by atoms with Crippen molar-refractivity contribution < 1.29 is 22.4 Å². The third-order valence-electron chi connectivity index (χ3n) is 7.17. The molecule has 4 heterocycles. The van der Waals surface area contributed by atoms with Crippen molar-refractivity contribution in [3.05, 3.63) is 94.2 Å². The van der Waals surface area contributed by atoms with Crippen LogP contribution < -0.4 is 5.32 Å². The van der Waals surface area contributed by atoms with E-state index in [0.29, 0.717) is 12.5 Å². The van der Waals surface area contributed by atoms with Gasteiger partial charge in [0.1, 0.15) is 0 Å². The SMILES string of the molecule is O=C(NCc1cncc(C(F)(F)F)c1)c1cn(CCCCc2cc3c(nn2)CC(C2CC2)=C3c2ccoc2)nn1. The van der Waals surface area contributed by atoms with Crippen LogP contribution in [0.3, 0.4) is 0 Å². The summed E-state index contributed by atoms with van der Waals surface area (Å²) in [5.41, 5.74) is 6.36. The van der Waals surface area contributed by atoms with Crippen molar-refractivity contribution in [3.63, 3.8) is 0 Å². The maximum atomic E-state index is 12.9. The number of amides is 1. The molecule has 0 unspecified atom stereocenters. The zero-order chi connectivity index (χ0) is 27.7. The minimum atomic E-state index is -4.50. The van der Waals surface area contributed by atoms with Gasteiger partial charge in [-0.25, -0.2) is 0 Å². The fourth-order valence-corrected chi connectivity index (χ4v) is 5.00. The van der Waals surface area contributed by atoms with Crippen LogP contribution >= 0.6 is 0 Å². The Morgan fingerprint density at radius 3 is 2.77 bits per heavy atom. The van der Waals surface area contributed by atoms with E-state index in [1.807, 2.05) is 6.07 Å². The van der Waals surface area contributed by atoms with E-state index in [9.17, 15) is 18.0 Å². The Balaban J connectivity index is 1.01. The van der Waals surface area contributed by atoms with Crippen LogP contribution in [0, 0.1) is 5.92 Å². The number of aryl methyl sites for hydroxylation is 2.